The van der Waals surface area contributed by atoms with Gasteiger partial charge >= 0.3 is 0 Å². The number of ether oxygens (including phenoxy) is 2. The van der Waals surface area contributed by atoms with Crippen LogP contribution in [0.3, 0.4) is 0 Å². The maximum Gasteiger partial charge on any atom is 0.261 e. The van der Waals surface area contributed by atoms with Crippen molar-refractivity contribution in [2.24, 2.45) is 0 Å². The number of benzene rings is 2. The Morgan fingerprint density at radius 2 is 1.72 bits per heavy atom. The summed E-state index contributed by atoms with van der Waals surface area (Å²) in [7, 11) is 1.65. The summed E-state index contributed by atoms with van der Waals surface area (Å²) >= 11 is 0. The molecule has 1 aliphatic carbocycles. The molecule has 0 aliphatic heterocycles. The van der Waals surface area contributed by atoms with Gasteiger partial charge in [0.1, 0.15) is 11.5 Å². The Labute approximate surface area is 149 Å². The minimum Gasteiger partial charge on any atom is -0.497 e. The van der Waals surface area contributed by atoms with Crippen LogP contribution in [0, 0.1) is 13.8 Å². The topological polar surface area (TPSA) is 38.8 Å². The van der Waals surface area contributed by atoms with Crippen LogP contribution in [0.25, 0.3) is 0 Å². The van der Waals surface area contributed by atoms with E-state index in [1.165, 1.54) is 0 Å². The lowest BCUT2D eigenvalue weighted by Gasteiger charge is -2.23. The molecule has 2 aromatic carbocycles. The standard InChI is InChI=1S/C21H25NO3/c1-15-5-4-6-16(2)21(15)25-14-20(23)22(18-9-10-18)13-17-7-11-19(24-3)12-8-17/h4-8,11-12,18H,9-10,13-14H2,1-3H3. The van der Waals surface area contributed by atoms with E-state index >= 15 is 0 Å². The lowest BCUT2D eigenvalue weighted by molar-refractivity contribution is -0.134. The van der Waals surface area contributed by atoms with Crippen molar-refractivity contribution in [1.82, 2.24) is 4.90 Å². The Morgan fingerprint density at radius 3 is 2.28 bits per heavy atom. The predicted octanol–water partition coefficient (Wildman–Crippen LogP) is 3.88. The van der Waals surface area contributed by atoms with Crippen LogP contribution in [0.15, 0.2) is 42.5 Å². The first-order valence-electron chi connectivity index (χ1n) is 8.70. The third-order valence-electron chi connectivity index (χ3n) is 4.57. The van der Waals surface area contributed by atoms with Crippen LogP contribution in [-0.2, 0) is 11.3 Å². The maximum atomic E-state index is 12.7. The Morgan fingerprint density at radius 1 is 1.08 bits per heavy atom. The third kappa shape index (κ3) is 4.32. The highest BCUT2D eigenvalue weighted by atomic mass is 16.5. The minimum absolute atomic E-state index is 0.0426. The molecule has 0 bridgehead atoms. The normalized spacial score (nSPS) is 13.4. The first-order valence-corrected chi connectivity index (χ1v) is 8.70. The van der Waals surface area contributed by atoms with E-state index in [0.717, 1.165) is 41.0 Å². The number of hydrogen-bond acceptors (Lipinski definition) is 3. The Bertz CT molecular complexity index is 715. The third-order valence-corrected chi connectivity index (χ3v) is 4.57. The molecule has 0 radical (unpaired) electrons. The fourth-order valence-corrected chi connectivity index (χ4v) is 2.98. The summed E-state index contributed by atoms with van der Waals surface area (Å²) < 4.78 is 11.0. The molecule has 25 heavy (non-hydrogen) atoms. The minimum atomic E-state index is 0.0426. The van der Waals surface area contributed by atoms with E-state index in [9.17, 15) is 4.79 Å². The van der Waals surface area contributed by atoms with Gasteiger partial charge in [-0.15, -0.1) is 0 Å². The van der Waals surface area contributed by atoms with Gasteiger partial charge in [0.15, 0.2) is 6.61 Å². The highest BCUT2D eigenvalue weighted by molar-refractivity contribution is 5.78. The molecular weight excluding hydrogens is 314 g/mol. The number of carbonyl (C=O) groups excluding carboxylic acids is 1. The van der Waals surface area contributed by atoms with Gasteiger partial charge in [-0.1, -0.05) is 30.3 Å². The Kier molecular flexibility index (Phi) is 5.27. The molecule has 4 heteroatoms. The zero-order valence-electron chi connectivity index (χ0n) is 15.1. The number of methoxy groups -OCH3 is 1. The van der Waals surface area contributed by atoms with Crippen LogP contribution >= 0.6 is 0 Å². The number of amides is 1. The highest BCUT2D eigenvalue weighted by Gasteiger charge is 2.32. The summed E-state index contributed by atoms with van der Waals surface area (Å²) in [6, 6.07) is 14.2. The number of rotatable bonds is 7. The van der Waals surface area contributed by atoms with Gasteiger partial charge in [0.05, 0.1) is 7.11 Å². The van der Waals surface area contributed by atoms with Gasteiger partial charge in [-0.2, -0.15) is 0 Å². The van der Waals surface area contributed by atoms with Gasteiger partial charge < -0.3 is 14.4 Å². The first kappa shape index (κ1) is 17.3. The lowest BCUT2D eigenvalue weighted by atomic mass is 10.1. The molecule has 1 fully saturated rings. The van der Waals surface area contributed by atoms with Gasteiger partial charge in [-0.05, 0) is 55.5 Å². The zero-order chi connectivity index (χ0) is 17.8. The van der Waals surface area contributed by atoms with Gasteiger partial charge in [0.2, 0.25) is 0 Å². The number of hydrogen-bond donors (Lipinski definition) is 0. The fourth-order valence-electron chi connectivity index (χ4n) is 2.98. The molecule has 0 saturated heterocycles. The Balaban J connectivity index is 1.65. The largest absolute Gasteiger partial charge is 0.497 e. The number of para-hydroxylation sites is 1. The van der Waals surface area contributed by atoms with Gasteiger partial charge in [0, 0.05) is 12.6 Å². The van der Waals surface area contributed by atoms with Crippen molar-refractivity contribution >= 4 is 5.91 Å². The average Bonchev–Trinajstić information content (AvgIpc) is 3.44. The van der Waals surface area contributed by atoms with E-state index in [1.807, 2.05) is 61.2 Å². The molecule has 4 nitrogen and oxygen atoms in total. The van der Waals surface area contributed by atoms with Crippen LogP contribution in [0.5, 0.6) is 11.5 Å². The van der Waals surface area contributed by atoms with Crippen LogP contribution < -0.4 is 9.47 Å². The van der Waals surface area contributed by atoms with E-state index in [2.05, 4.69) is 0 Å². The molecule has 3 rings (SSSR count). The molecule has 0 atom stereocenters. The molecule has 132 valence electrons. The molecule has 2 aromatic rings. The van der Waals surface area contributed by atoms with Gasteiger partial charge in [-0.3, -0.25) is 4.79 Å². The van der Waals surface area contributed by atoms with Crippen LogP contribution in [0.2, 0.25) is 0 Å². The molecule has 1 amide bonds. The number of aryl methyl sites for hydroxylation is 2. The van der Waals surface area contributed by atoms with E-state index in [4.69, 9.17) is 9.47 Å². The smallest absolute Gasteiger partial charge is 0.261 e. The van der Waals surface area contributed by atoms with Crippen LogP contribution in [0.1, 0.15) is 29.5 Å². The summed E-state index contributed by atoms with van der Waals surface area (Å²) in [5.41, 5.74) is 3.22. The summed E-state index contributed by atoms with van der Waals surface area (Å²) in [5.74, 6) is 1.68. The molecular formula is C21H25NO3. The maximum absolute atomic E-state index is 12.7. The monoisotopic (exact) mass is 339 g/mol. The van der Waals surface area contributed by atoms with Gasteiger partial charge in [-0.25, -0.2) is 0 Å². The van der Waals surface area contributed by atoms with E-state index in [0.29, 0.717) is 12.6 Å². The second kappa shape index (κ2) is 7.60. The number of nitrogens with zero attached hydrogens (tertiary/aromatic N) is 1. The van der Waals surface area contributed by atoms with Gasteiger partial charge in [0.25, 0.3) is 5.91 Å². The molecule has 0 N–H and O–H groups in total. The summed E-state index contributed by atoms with van der Waals surface area (Å²) in [6.45, 7) is 4.70. The number of carbonyl (C=O) groups is 1. The molecule has 0 aromatic heterocycles. The van der Waals surface area contributed by atoms with Crippen LogP contribution in [-0.4, -0.2) is 30.6 Å². The van der Waals surface area contributed by atoms with Crippen molar-refractivity contribution < 1.29 is 14.3 Å². The van der Waals surface area contributed by atoms with Crippen LogP contribution in [0.4, 0.5) is 0 Å². The van der Waals surface area contributed by atoms with Crippen molar-refractivity contribution in [2.45, 2.75) is 39.3 Å². The SMILES string of the molecule is COc1ccc(CN(C(=O)COc2c(C)cccc2C)C2CC2)cc1. The van der Waals surface area contributed by atoms with Crippen molar-refractivity contribution in [3.63, 3.8) is 0 Å². The molecule has 1 aliphatic rings. The zero-order valence-corrected chi connectivity index (χ0v) is 15.1. The highest BCUT2D eigenvalue weighted by Crippen LogP contribution is 2.29. The van der Waals surface area contributed by atoms with E-state index in [1.54, 1.807) is 7.11 Å². The second-order valence-corrected chi connectivity index (χ2v) is 6.61. The summed E-state index contributed by atoms with van der Waals surface area (Å²) in [5, 5.41) is 0. The summed E-state index contributed by atoms with van der Waals surface area (Å²) in [4.78, 5) is 14.7. The van der Waals surface area contributed by atoms with Crippen molar-refractivity contribution in [1.29, 1.82) is 0 Å². The molecule has 1 saturated carbocycles. The Hall–Kier alpha value is -2.49. The second-order valence-electron chi connectivity index (χ2n) is 6.61. The van der Waals surface area contributed by atoms with E-state index in [-0.39, 0.29) is 12.5 Å². The molecule has 0 heterocycles. The van der Waals surface area contributed by atoms with Crippen molar-refractivity contribution in [3.05, 3.63) is 59.2 Å². The van der Waals surface area contributed by atoms with E-state index < -0.39 is 0 Å². The fraction of sp³-hybridized carbons (Fsp3) is 0.381. The van der Waals surface area contributed by atoms with Crippen molar-refractivity contribution in [3.8, 4) is 11.5 Å². The lowest BCUT2D eigenvalue weighted by Crippen LogP contribution is -2.36. The molecule has 0 spiro atoms. The quantitative estimate of drug-likeness (QED) is 0.768. The summed E-state index contributed by atoms with van der Waals surface area (Å²) in [6.07, 6.45) is 2.15. The van der Waals surface area contributed by atoms with Crippen molar-refractivity contribution in [2.75, 3.05) is 13.7 Å². The molecule has 0 unspecified atom stereocenters. The predicted molar refractivity (Wildman–Crippen MR) is 98.0 cm³/mol. The average molecular weight is 339 g/mol. The first-order chi connectivity index (χ1) is 12.1.